The van der Waals surface area contributed by atoms with Crippen LogP contribution in [0, 0.1) is 13.8 Å². The zero-order valence-electron chi connectivity index (χ0n) is 18.2. The second-order valence-electron chi connectivity index (χ2n) is 7.82. The van der Waals surface area contributed by atoms with E-state index in [1.54, 1.807) is 6.26 Å². The predicted molar refractivity (Wildman–Crippen MR) is 118 cm³/mol. The Morgan fingerprint density at radius 1 is 1.06 bits per heavy atom. The second-order valence-corrected chi connectivity index (χ2v) is 8.59. The zero-order valence-corrected chi connectivity index (χ0v) is 19.0. The molecule has 2 heterocycles. The Morgan fingerprint density at radius 2 is 1.74 bits per heavy atom. The van der Waals surface area contributed by atoms with Crippen molar-refractivity contribution in [2.24, 2.45) is 0 Å². The average molecular weight is 455 g/mol. The molecule has 2 aromatic rings. The van der Waals surface area contributed by atoms with E-state index in [2.05, 4.69) is 33.1 Å². The summed E-state index contributed by atoms with van der Waals surface area (Å²) in [5.74, 6) is 0.313. The Labute approximate surface area is 186 Å². The van der Waals surface area contributed by atoms with Crippen molar-refractivity contribution in [1.82, 2.24) is 14.9 Å². The molecule has 9 heteroatoms. The van der Waals surface area contributed by atoms with Gasteiger partial charge in [-0.25, -0.2) is 9.97 Å². The molecule has 1 aliphatic rings. The van der Waals surface area contributed by atoms with Gasteiger partial charge < -0.3 is 9.64 Å². The van der Waals surface area contributed by atoms with Gasteiger partial charge in [0.05, 0.1) is 13.2 Å². The Kier molecular flexibility index (Phi) is 8.18. The number of ether oxygens (including phenoxy) is 1. The van der Waals surface area contributed by atoms with Gasteiger partial charge in [-0.2, -0.15) is 13.2 Å². The predicted octanol–water partition coefficient (Wildman–Crippen LogP) is 4.56. The first-order valence-electron chi connectivity index (χ1n) is 10.4. The van der Waals surface area contributed by atoms with Gasteiger partial charge in [0.15, 0.2) is 10.9 Å². The van der Waals surface area contributed by atoms with Crippen LogP contribution in [0.4, 0.5) is 19.0 Å². The summed E-state index contributed by atoms with van der Waals surface area (Å²) in [4.78, 5) is 12.4. The summed E-state index contributed by atoms with van der Waals surface area (Å²) in [6.07, 6.45) is -2.00. The number of morpholine rings is 1. The van der Waals surface area contributed by atoms with Gasteiger partial charge in [0, 0.05) is 38.8 Å². The van der Waals surface area contributed by atoms with Gasteiger partial charge in [-0.05, 0) is 32.1 Å². The van der Waals surface area contributed by atoms with E-state index in [4.69, 9.17) is 4.74 Å². The Hall–Kier alpha value is -1.84. The molecule has 0 unspecified atom stereocenters. The summed E-state index contributed by atoms with van der Waals surface area (Å²) < 4.78 is 45.7. The van der Waals surface area contributed by atoms with Crippen molar-refractivity contribution >= 4 is 17.6 Å². The van der Waals surface area contributed by atoms with E-state index in [9.17, 15) is 13.2 Å². The van der Waals surface area contributed by atoms with Gasteiger partial charge in [-0.3, -0.25) is 4.90 Å². The molecule has 0 spiro atoms. The fourth-order valence-corrected chi connectivity index (χ4v) is 4.15. The highest BCUT2D eigenvalue weighted by atomic mass is 32.2. The molecule has 1 aliphatic heterocycles. The maximum atomic E-state index is 13.4. The molecule has 0 radical (unpaired) electrons. The minimum absolute atomic E-state index is 0.128. The van der Waals surface area contributed by atoms with Crippen molar-refractivity contribution < 1.29 is 17.9 Å². The normalized spacial score (nSPS) is 15.3. The lowest BCUT2D eigenvalue weighted by Crippen LogP contribution is -2.38. The van der Waals surface area contributed by atoms with E-state index in [1.807, 2.05) is 18.7 Å². The number of anilines is 1. The summed E-state index contributed by atoms with van der Waals surface area (Å²) in [5.41, 5.74) is 2.42. The maximum Gasteiger partial charge on any atom is 0.433 e. The molecule has 31 heavy (non-hydrogen) atoms. The third kappa shape index (κ3) is 7.08. The van der Waals surface area contributed by atoms with Crippen LogP contribution in [0.5, 0.6) is 0 Å². The van der Waals surface area contributed by atoms with E-state index in [1.165, 1.54) is 0 Å². The molecule has 0 bridgehead atoms. The molecule has 1 aromatic carbocycles. The molecule has 0 saturated carbocycles. The van der Waals surface area contributed by atoms with Crippen LogP contribution >= 0.6 is 11.8 Å². The molecular formula is C22H29F3N4OS. The molecule has 1 saturated heterocycles. The summed E-state index contributed by atoms with van der Waals surface area (Å²) >= 11 is 1.12. The lowest BCUT2D eigenvalue weighted by molar-refractivity contribution is -0.141. The molecule has 0 amide bonds. The summed E-state index contributed by atoms with van der Waals surface area (Å²) in [7, 11) is 0. The summed E-state index contributed by atoms with van der Waals surface area (Å²) in [5, 5.41) is 0.128. The standard InChI is InChI=1S/C22H29F3N4OS/c1-16-11-17(2)13-18(12-16)15-29(6-4-5-28-7-9-30-10-8-28)20-14-19(22(23,24)25)26-21(27-20)31-3/h11-14H,4-10,15H2,1-3H3. The van der Waals surface area contributed by atoms with Crippen molar-refractivity contribution in [3.8, 4) is 0 Å². The lowest BCUT2D eigenvalue weighted by atomic mass is 10.1. The van der Waals surface area contributed by atoms with Gasteiger partial charge in [0.2, 0.25) is 0 Å². The number of thioether (sulfide) groups is 1. The Balaban J connectivity index is 1.85. The maximum absolute atomic E-state index is 13.4. The van der Waals surface area contributed by atoms with Crippen LogP contribution in [0.25, 0.3) is 0 Å². The fourth-order valence-electron chi connectivity index (χ4n) is 3.78. The van der Waals surface area contributed by atoms with E-state index >= 15 is 0 Å². The van der Waals surface area contributed by atoms with Gasteiger partial charge in [0.1, 0.15) is 5.82 Å². The third-order valence-corrected chi connectivity index (χ3v) is 5.70. The first-order valence-corrected chi connectivity index (χ1v) is 11.6. The van der Waals surface area contributed by atoms with Crippen LogP contribution in [-0.2, 0) is 17.5 Å². The number of hydrogen-bond donors (Lipinski definition) is 0. The number of aromatic nitrogens is 2. The molecule has 170 valence electrons. The highest BCUT2D eigenvalue weighted by molar-refractivity contribution is 7.98. The van der Waals surface area contributed by atoms with Crippen LogP contribution in [0.15, 0.2) is 29.4 Å². The minimum atomic E-state index is -4.51. The van der Waals surface area contributed by atoms with Crippen LogP contribution in [0.3, 0.4) is 0 Å². The molecule has 3 rings (SSSR count). The number of benzene rings is 1. The minimum Gasteiger partial charge on any atom is -0.379 e. The highest BCUT2D eigenvalue weighted by Crippen LogP contribution is 2.31. The number of alkyl halides is 3. The van der Waals surface area contributed by atoms with Crippen molar-refractivity contribution in [1.29, 1.82) is 0 Å². The van der Waals surface area contributed by atoms with Crippen LogP contribution in [-0.4, -0.2) is 60.5 Å². The van der Waals surface area contributed by atoms with Crippen LogP contribution in [0.1, 0.15) is 28.8 Å². The van der Waals surface area contributed by atoms with Gasteiger partial charge in [-0.1, -0.05) is 41.1 Å². The summed E-state index contributed by atoms with van der Waals surface area (Å²) in [6, 6.07) is 7.30. The molecule has 0 aliphatic carbocycles. The highest BCUT2D eigenvalue weighted by Gasteiger charge is 2.34. The van der Waals surface area contributed by atoms with Crippen LogP contribution < -0.4 is 4.90 Å². The fraction of sp³-hybridized carbons (Fsp3) is 0.545. The van der Waals surface area contributed by atoms with E-state index in [-0.39, 0.29) is 5.16 Å². The van der Waals surface area contributed by atoms with E-state index in [0.717, 1.165) is 73.8 Å². The summed E-state index contributed by atoms with van der Waals surface area (Å²) in [6.45, 7) is 9.25. The number of halogens is 3. The molecular weight excluding hydrogens is 425 g/mol. The lowest BCUT2D eigenvalue weighted by Gasteiger charge is -2.29. The average Bonchev–Trinajstić information content (AvgIpc) is 2.72. The molecule has 0 N–H and O–H groups in total. The van der Waals surface area contributed by atoms with E-state index < -0.39 is 11.9 Å². The Morgan fingerprint density at radius 3 is 2.35 bits per heavy atom. The Bertz CT molecular complexity index is 852. The number of hydrogen-bond acceptors (Lipinski definition) is 6. The monoisotopic (exact) mass is 454 g/mol. The number of rotatable bonds is 8. The largest absolute Gasteiger partial charge is 0.433 e. The van der Waals surface area contributed by atoms with Crippen molar-refractivity contribution in [2.75, 3.05) is 50.5 Å². The number of nitrogens with zero attached hydrogens (tertiary/aromatic N) is 4. The van der Waals surface area contributed by atoms with Crippen molar-refractivity contribution in [3.05, 3.63) is 46.6 Å². The first kappa shape index (κ1) is 23.8. The van der Waals surface area contributed by atoms with Gasteiger partial charge in [0.25, 0.3) is 0 Å². The molecule has 1 aromatic heterocycles. The van der Waals surface area contributed by atoms with Gasteiger partial charge >= 0.3 is 6.18 Å². The second kappa shape index (κ2) is 10.7. The molecule has 0 atom stereocenters. The zero-order chi connectivity index (χ0) is 22.4. The van der Waals surface area contributed by atoms with Crippen molar-refractivity contribution in [2.45, 2.75) is 38.1 Å². The first-order chi connectivity index (χ1) is 14.7. The SMILES string of the molecule is CSc1nc(N(CCCN2CCOCC2)Cc2cc(C)cc(C)c2)cc(C(F)(F)F)n1. The van der Waals surface area contributed by atoms with Crippen LogP contribution in [0.2, 0.25) is 0 Å². The quantitative estimate of drug-likeness (QED) is 0.430. The topological polar surface area (TPSA) is 41.5 Å². The smallest absolute Gasteiger partial charge is 0.379 e. The van der Waals surface area contributed by atoms with Crippen molar-refractivity contribution in [3.63, 3.8) is 0 Å². The van der Waals surface area contributed by atoms with E-state index in [0.29, 0.717) is 18.9 Å². The molecule has 1 fully saturated rings. The number of aryl methyl sites for hydroxylation is 2. The molecule has 5 nitrogen and oxygen atoms in total. The third-order valence-electron chi connectivity index (χ3n) is 5.15. The van der Waals surface area contributed by atoms with Gasteiger partial charge in [-0.15, -0.1) is 0 Å².